The number of nitrogens with two attached hydrogens (primary N) is 1. The Morgan fingerprint density at radius 1 is 1.69 bits per heavy atom. The number of rotatable bonds is 3. The van der Waals surface area contributed by atoms with E-state index in [2.05, 4.69) is 15.4 Å². The maximum atomic E-state index is 13.5. The summed E-state index contributed by atoms with van der Waals surface area (Å²) >= 11 is 0. The predicted molar refractivity (Wildman–Crippen MR) is 57.4 cm³/mol. The van der Waals surface area contributed by atoms with Gasteiger partial charge in [0.05, 0.1) is 12.3 Å². The third-order valence-corrected chi connectivity index (χ3v) is 2.63. The fraction of sp³-hybridized carbons (Fsp3) is 0.556. The summed E-state index contributed by atoms with van der Waals surface area (Å²) in [7, 11) is 1.65. The summed E-state index contributed by atoms with van der Waals surface area (Å²) in [6, 6.07) is 0. The van der Waals surface area contributed by atoms with Crippen LogP contribution in [0.25, 0.3) is 0 Å². The Bertz CT molecular complexity index is 375. The van der Waals surface area contributed by atoms with Gasteiger partial charge in [-0.15, -0.1) is 0 Å². The number of nitrogens with one attached hydrogen (secondary N) is 1. The molecule has 3 N–H and O–H groups in total. The van der Waals surface area contributed by atoms with E-state index in [9.17, 15) is 4.39 Å². The molecular formula is C9H14FN5O. The summed E-state index contributed by atoms with van der Waals surface area (Å²) in [5, 5.41) is 0. The normalized spacial score (nSPS) is 20.2. The Morgan fingerprint density at radius 3 is 3.12 bits per heavy atom. The molecule has 0 aromatic carbocycles. The van der Waals surface area contributed by atoms with Crippen molar-refractivity contribution in [2.75, 3.05) is 30.5 Å². The number of halogens is 1. The smallest absolute Gasteiger partial charge is 0.239 e. The van der Waals surface area contributed by atoms with Crippen molar-refractivity contribution in [1.29, 1.82) is 0 Å². The van der Waals surface area contributed by atoms with Gasteiger partial charge in [-0.2, -0.15) is 4.98 Å². The van der Waals surface area contributed by atoms with E-state index < -0.39 is 5.82 Å². The quantitative estimate of drug-likeness (QED) is 0.564. The number of hydrogen-bond donors (Lipinski definition) is 2. The van der Waals surface area contributed by atoms with Gasteiger partial charge in [-0.25, -0.2) is 15.2 Å². The fourth-order valence-corrected chi connectivity index (χ4v) is 1.76. The van der Waals surface area contributed by atoms with Gasteiger partial charge in [0.1, 0.15) is 0 Å². The first-order chi connectivity index (χ1) is 7.74. The van der Waals surface area contributed by atoms with E-state index in [0.29, 0.717) is 6.54 Å². The average molecular weight is 227 g/mol. The molecule has 1 unspecified atom stereocenters. The summed E-state index contributed by atoms with van der Waals surface area (Å²) in [6.45, 7) is 1.35. The van der Waals surface area contributed by atoms with Crippen molar-refractivity contribution in [2.45, 2.75) is 12.5 Å². The van der Waals surface area contributed by atoms with Crippen molar-refractivity contribution in [3.63, 3.8) is 0 Å². The zero-order valence-electron chi connectivity index (χ0n) is 8.98. The number of ether oxygens (including phenoxy) is 1. The third kappa shape index (κ3) is 2.05. The van der Waals surface area contributed by atoms with Crippen molar-refractivity contribution in [2.24, 2.45) is 5.84 Å². The predicted octanol–water partition coefficient (Wildman–Crippen LogP) is 0.126. The second-order valence-corrected chi connectivity index (χ2v) is 3.60. The highest BCUT2D eigenvalue weighted by molar-refractivity contribution is 5.44. The molecule has 1 aromatic heterocycles. The van der Waals surface area contributed by atoms with Gasteiger partial charge >= 0.3 is 0 Å². The van der Waals surface area contributed by atoms with Crippen LogP contribution in [0.2, 0.25) is 0 Å². The van der Waals surface area contributed by atoms with Crippen LogP contribution in [-0.2, 0) is 4.74 Å². The molecule has 6 nitrogen and oxygen atoms in total. The lowest BCUT2D eigenvalue weighted by Crippen LogP contribution is -2.25. The second-order valence-electron chi connectivity index (χ2n) is 3.60. The second kappa shape index (κ2) is 4.58. The Kier molecular flexibility index (Phi) is 3.16. The van der Waals surface area contributed by atoms with E-state index >= 15 is 0 Å². The molecule has 1 aliphatic heterocycles. The number of nitrogens with zero attached hydrogens (tertiary/aromatic N) is 3. The third-order valence-electron chi connectivity index (χ3n) is 2.63. The van der Waals surface area contributed by atoms with Gasteiger partial charge in [0.2, 0.25) is 5.95 Å². The number of aromatic nitrogens is 2. The Labute approximate surface area is 92.6 Å². The molecule has 2 heterocycles. The first kappa shape index (κ1) is 11.0. The van der Waals surface area contributed by atoms with Crippen molar-refractivity contribution in [3.05, 3.63) is 12.0 Å². The largest absolute Gasteiger partial charge is 0.380 e. The molecule has 1 fully saturated rings. The van der Waals surface area contributed by atoms with Crippen LogP contribution in [0.15, 0.2) is 6.20 Å². The highest BCUT2D eigenvalue weighted by Gasteiger charge is 2.25. The SMILES string of the molecule is COC1CCN(c2nc(NN)ncc2F)C1. The van der Waals surface area contributed by atoms with Gasteiger partial charge in [-0.3, -0.25) is 5.43 Å². The van der Waals surface area contributed by atoms with Gasteiger partial charge in [0.25, 0.3) is 0 Å². The van der Waals surface area contributed by atoms with Gasteiger partial charge < -0.3 is 9.64 Å². The maximum absolute atomic E-state index is 13.5. The van der Waals surface area contributed by atoms with E-state index in [0.717, 1.165) is 19.2 Å². The summed E-state index contributed by atoms with van der Waals surface area (Å²) in [5.41, 5.74) is 2.30. The zero-order chi connectivity index (χ0) is 11.5. The van der Waals surface area contributed by atoms with Crippen molar-refractivity contribution >= 4 is 11.8 Å². The van der Waals surface area contributed by atoms with Crippen LogP contribution in [0.3, 0.4) is 0 Å². The van der Waals surface area contributed by atoms with Crippen molar-refractivity contribution in [3.8, 4) is 0 Å². The van der Waals surface area contributed by atoms with Crippen LogP contribution >= 0.6 is 0 Å². The van der Waals surface area contributed by atoms with Gasteiger partial charge in [0, 0.05) is 20.2 Å². The van der Waals surface area contributed by atoms with Crippen molar-refractivity contribution in [1.82, 2.24) is 9.97 Å². The van der Waals surface area contributed by atoms with Gasteiger partial charge in [-0.05, 0) is 6.42 Å². The Balaban J connectivity index is 2.20. The van der Waals surface area contributed by atoms with E-state index in [4.69, 9.17) is 10.6 Å². The zero-order valence-corrected chi connectivity index (χ0v) is 8.98. The number of nitrogen functional groups attached to an aromatic ring is 1. The van der Waals surface area contributed by atoms with E-state index in [1.54, 1.807) is 7.11 Å². The average Bonchev–Trinajstić information content (AvgIpc) is 2.78. The van der Waals surface area contributed by atoms with Crippen LogP contribution in [0, 0.1) is 5.82 Å². The van der Waals surface area contributed by atoms with Crippen LogP contribution in [0.4, 0.5) is 16.2 Å². The molecule has 0 aliphatic carbocycles. The summed E-state index contributed by atoms with van der Waals surface area (Å²) in [5.74, 6) is 5.20. The topological polar surface area (TPSA) is 76.3 Å². The van der Waals surface area contributed by atoms with Gasteiger partial charge in [0.15, 0.2) is 11.6 Å². The Hall–Kier alpha value is -1.47. The first-order valence-corrected chi connectivity index (χ1v) is 5.01. The van der Waals surface area contributed by atoms with Crippen LogP contribution < -0.4 is 16.2 Å². The fourth-order valence-electron chi connectivity index (χ4n) is 1.76. The monoisotopic (exact) mass is 227 g/mol. The number of hydrazine groups is 1. The van der Waals surface area contributed by atoms with Crippen LogP contribution in [0.5, 0.6) is 0 Å². The molecule has 2 rings (SSSR count). The van der Waals surface area contributed by atoms with Crippen molar-refractivity contribution < 1.29 is 9.13 Å². The molecular weight excluding hydrogens is 213 g/mol. The molecule has 1 aliphatic rings. The first-order valence-electron chi connectivity index (χ1n) is 5.01. The number of methoxy groups -OCH3 is 1. The summed E-state index contributed by atoms with van der Waals surface area (Å²) in [4.78, 5) is 9.50. The molecule has 7 heteroatoms. The molecule has 0 saturated carbocycles. The molecule has 0 spiro atoms. The van der Waals surface area contributed by atoms with Crippen LogP contribution in [0.1, 0.15) is 6.42 Å². The van der Waals surface area contributed by atoms with Crippen LogP contribution in [-0.4, -0.2) is 36.3 Å². The minimum Gasteiger partial charge on any atom is -0.380 e. The minimum absolute atomic E-state index is 0.128. The molecule has 1 aromatic rings. The Morgan fingerprint density at radius 2 is 2.50 bits per heavy atom. The highest BCUT2D eigenvalue weighted by Crippen LogP contribution is 2.22. The highest BCUT2D eigenvalue weighted by atomic mass is 19.1. The molecule has 1 saturated heterocycles. The molecule has 1 atom stereocenters. The molecule has 0 bridgehead atoms. The minimum atomic E-state index is -0.448. The lowest BCUT2D eigenvalue weighted by atomic mass is 10.3. The lowest BCUT2D eigenvalue weighted by Gasteiger charge is -2.17. The lowest BCUT2D eigenvalue weighted by molar-refractivity contribution is 0.121. The van der Waals surface area contributed by atoms with Gasteiger partial charge in [-0.1, -0.05) is 0 Å². The van der Waals surface area contributed by atoms with E-state index in [1.165, 1.54) is 0 Å². The molecule has 16 heavy (non-hydrogen) atoms. The van der Waals surface area contributed by atoms with E-state index in [-0.39, 0.29) is 17.9 Å². The molecule has 88 valence electrons. The summed E-state index contributed by atoms with van der Waals surface area (Å²) < 4.78 is 18.7. The molecule has 0 radical (unpaired) electrons. The standard InChI is InChI=1S/C9H14FN5O/c1-16-6-2-3-15(5-6)8-7(10)4-12-9(13-8)14-11/h4,6H,2-3,5,11H2,1H3,(H,12,13,14). The number of hydrogen-bond acceptors (Lipinski definition) is 6. The summed E-state index contributed by atoms with van der Waals surface area (Å²) in [6.07, 6.45) is 2.10. The maximum Gasteiger partial charge on any atom is 0.239 e. The number of anilines is 2. The van der Waals surface area contributed by atoms with E-state index in [1.807, 2.05) is 4.90 Å². The molecule has 0 amide bonds.